The smallest absolute Gasteiger partial charge is 0.428 e. The highest BCUT2D eigenvalue weighted by atomic mass is 16.8. The highest BCUT2D eigenvalue weighted by molar-refractivity contribution is 5.80. The van der Waals surface area contributed by atoms with E-state index in [1.807, 2.05) is 0 Å². The van der Waals surface area contributed by atoms with E-state index in [1.54, 1.807) is 26.2 Å². The molecule has 0 aromatic heterocycles. The molecule has 0 bridgehead atoms. The first kappa shape index (κ1) is 10.7. The molecule has 0 rings (SSSR count). The fourth-order valence-electron chi connectivity index (χ4n) is 0.376. The monoisotopic (exact) mass is 176 g/mol. The highest BCUT2D eigenvalue weighted by Crippen LogP contribution is 2.07. The molecule has 0 radical (unpaired) electrons. The van der Waals surface area contributed by atoms with Gasteiger partial charge >= 0.3 is 12.2 Å². The number of nitrogens with one attached hydrogen (secondary N) is 1. The highest BCUT2D eigenvalue weighted by Gasteiger charge is 2.19. The van der Waals surface area contributed by atoms with Gasteiger partial charge in [0.25, 0.3) is 0 Å². The van der Waals surface area contributed by atoms with Crippen LogP contribution >= 0.6 is 0 Å². The van der Waals surface area contributed by atoms with Gasteiger partial charge in [0.2, 0.25) is 0 Å². The third-order valence-corrected chi connectivity index (χ3v) is 0.683. The molecule has 0 aliphatic rings. The first-order valence-electron chi connectivity index (χ1n) is 3.26. The topological polar surface area (TPSA) is 90.6 Å². The largest absolute Gasteiger partial charge is 0.517 e. The molecule has 6 heteroatoms. The van der Waals surface area contributed by atoms with Crippen LogP contribution in [0.2, 0.25) is 0 Å². The van der Waals surface area contributed by atoms with E-state index in [0.717, 1.165) is 0 Å². The molecule has 3 N–H and O–H groups in total. The van der Waals surface area contributed by atoms with Crippen LogP contribution in [-0.2, 0) is 9.47 Å². The van der Waals surface area contributed by atoms with Crippen molar-refractivity contribution in [3.05, 3.63) is 0 Å². The van der Waals surface area contributed by atoms with Gasteiger partial charge in [-0.05, 0) is 20.8 Å². The molecule has 0 aliphatic heterocycles. The lowest BCUT2D eigenvalue weighted by atomic mass is 10.2. The molecule has 0 saturated heterocycles. The number of rotatable bonds is 0. The quantitative estimate of drug-likeness (QED) is 0.184. The second kappa shape index (κ2) is 3.91. The van der Waals surface area contributed by atoms with Crippen LogP contribution in [0.25, 0.3) is 0 Å². The van der Waals surface area contributed by atoms with Gasteiger partial charge in [-0.2, -0.15) is 0 Å². The molecule has 6 nitrogen and oxygen atoms in total. The van der Waals surface area contributed by atoms with Crippen LogP contribution in [-0.4, -0.2) is 17.8 Å². The van der Waals surface area contributed by atoms with E-state index < -0.39 is 17.8 Å². The third-order valence-electron chi connectivity index (χ3n) is 0.683. The van der Waals surface area contributed by atoms with Crippen molar-refractivity contribution in [2.75, 3.05) is 0 Å². The average Bonchev–Trinajstić information content (AvgIpc) is 1.82. The molecule has 0 aliphatic carbocycles. The predicted octanol–water partition coefficient (Wildman–Crippen LogP) is 0.521. The summed E-state index contributed by atoms with van der Waals surface area (Å²) in [5.74, 6) is 4.65. The van der Waals surface area contributed by atoms with Crippen molar-refractivity contribution in [3.8, 4) is 0 Å². The Morgan fingerprint density at radius 1 is 1.33 bits per heavy atom. The Morgan fingerprint density at radius 3 is 2.17 bits per heavy atom. The van der Waals surface area contributed by atoms with Crippen LogP contribution in [0.3, 0.4) is 0 Å². The lowest BCUT2D eigenvalue weighted by Crippen LogP contribution is -2.34. The molecule has 1 amide bonds. The minimum atomic E-state index is -1.08. The predicted molar refractivity (Wildman–Crippen MR) is 40.0 cm³/mol. The molecule has 0 aromatic rings. The van der Waals surface area contributed by atoms with Crippen LogP contribution in [0.4, 0.5) is 9.59 Å². The summed E-state index contributed by atoms with van der Waals surface area (Å²) in [4.78, 5) is 21.0. The van der Waals surface area contributed by atoms with Crippen molar-refractivity contribution in [2.24, 2.45) is 5.84 Å². The van der Waals surface area contributed by atoms with E-state index in [9.17, 15) is 9.59 Å². The zero-order valence-electron chi connectivity index (χ0n) is 7.21. The maximum atomic E-state index is 10.7. The summed E-state index contributed by atoms with van der Waals surface area (Å²) < 4.78 is 8.67. The summed E-state index contributed by atoms with van der Waals surface area (Å²) in [5, 5.41) is 0. The Bertz CT molecular complexity index is 184. The fraction of sp³-hybridized carbons (Fsp3) is 0.667. The Hall–Kier alpha value is -1.30. The Balaban J connectivity index is 3.83. The zero-order chi connectivity index (χ0) is 9.78. The van der Waals surface area contributed by atoms with Gasteiger partial charge in [-0.15, -0.1) is 0 Å². The van der Waals surface area contributed by atoms with Gasteiger partial charge in [0.1, 0.15) is 5.60 Å². The number of amides is 1. The van der Waals surface area contributed by atoms with Crippen molar-refractivity contribution in [2.45, 2.75) is 26.4 Å². The van der Waals surface area contributed by atoms with E-state index in [0.29, 0.717) is 0 Å². The number of hydrogen-bond donors (Lipinski definition) is 2. The van der Waals surface area contributed by atoms with Gasteiger partial charge < -0.3 is 9.47 Å². The Kier molecular flexibility index (Phi) is 3.49. The lowest BCUT2D eigenvalue weighted by molar-refractivity contribution is 0.00901. The SMILES string of the molecule is CC(C)(C)OC(=O)OC(=O)NN. The van der Waals surface area contributed by atoms with E-state index in [-0.39, 0.29) is 0 Å². The summed E-state index contributed by atoms with van der Waals surface area (Å²) in [6.07, 6.45) is -2.13. The van der Waals surface area contributed by atoms with Crippen molar-refractivity contribution in [1.82, 2.24) is 5.43 Å². The van der Waals surface area contributed by atoms with Crippen LogP contribution < -0.4 is 11.3 Å². The molecule has 0 unspecified atom stereocenters. The van der Waals surface area contributed by atoms with E-state index in [2.05, 4.69) is 15.3 Å². The van der Waals surface area contributed by atoms with Crippen LogP contribution in [0, 0.1) is 0 Å². The normalized spacial score (nSPS) is 10.3. The number of hydrogen-bond acceptors (Lipinski definition) is 5. The molecular formula is C6H12N2O4. The van der Waals surface area contributed by atoms with Crippen LogP contribution in [0.5, 0.6) is 0 Å². The summed E-state index contributed by atoms with van der Waals surface area (Å²) in [6.45, 7) is 4.94. The minimum absolute atomic E-state index is 0.689. The van der Waals surface area contributed by atoms with Gasteiger partial charge in [-0.1, -0.05) is 0 Å². The van der Waals surface area contributed by atoms with Crippen LogP contribution in [0.1, 0.15) is 20.8 Å². The standard InChI is InChI=1S/C6H12N2O4/c1-6(2,3)12-5(10)11-4(9)8-7/h7H2,1-3H3,(H,8,9). The second-order valence-corrected chi connectivity index (χ2v) is 3.00. The molecular weight excluding hydrogens is 164 g/mol. The van der Waals surface area contributed by atoms with Crippen molar-refractivity contribution < 1.29 is 19.1 Å². The summed E-state index contributed by atoms with van der Waals surface area (Å²) >= 11 is 0. The van der Waals surface area contributed by atoms with E-state index in [1.165, 1.54) is 0 Å². The third kappa shape index (κ3) is 5.48. The molecule has 0 atom stereocenters. The number of carbonyl (C=O) groups is 2. The molecule has 0 fully saturated rings. The number of hydrazine groups is 1. The van der Waals surface area contributed by atoms with Crippen molar-refractivity contribution in [1.29, 1.82) is 0 Å². The fourth-order valence-corrected chi connectivity index (χ4v) is 0.376. The van der Waals surface area contributed by atoms with Gasteiger partial charge in [-0.3, -0.25) is 5.43 Å². The molecule has 0 heterocycles. The average molecular weight is 176 g/mol. The summed E-state index contributed by atoms with van der Waals surface area (Å²) in [5.41, 5.74) is 0.931. The number of carbonyl (C=O) groups excluding carboxylic acids is 2. The van der Waals surface area contributed by atoms with E-state index >= 15 is 0 Å². The molecule has 12 heavy (non-hydrogen) atoms. The minimum Gasteiger partial charge on any atom is -0.428 e. The van der Waals surface area contributed by atoms with Gasteiger partial charge in [0, 0.05) is 0 Å². The van der Waals surface area contributed by atoms with Gasteiger partial charge in [0.15, 0.2) is 0 Å². The van der Waals surface area contributed by atoms with Crippen molar-refractivity contribution >= 4 is 12.2 Å². The molecule has 0 saturated carbocycles. The van der Waals surface area contributed by atoms with Crippen molar-refractivity contribution in [3.63, 3.8) is 0 Å². The molecule has 70 valence electrons. The van der Waals surface area contributed by atoms with Gasteiger partial charge in [0.05, 0.1) is 0 Å². The Labute approximate surface area is 70.0 Å². The first-order valence-corrected chi connectivity index (χ1v) is 3.26. The second-order valence-electron chi connectivity index (χ2n) is 3.00. The lowest BCUT2D eigenvalue weighted by Gasteiger charge is -2.17. The summed E-state index contributed by atoms with van der Waals surface area (Å²) in [6, 6.07) is 0. The Morgan fingerprint density at radius 2 is 1.83 bits per heavy atom. The zero-order valence-corrected chi connectivity index (χ0v) is 7.21. The van der Waals surface area contributed by atoms with Crippen LogP contribution in [0.15, 0.2) is 0 Å². The van der Waals surface area contributed by atoms with E-state index in [4.69, 9.17) is 0 Å². The molecule has 0 aromatic carbocycles. The maximum absolute atomic E-state index is 10.7. The maximum Gasteiger partial charge on any atom is 0.517 e. The summed E-state index contributed by atoms with van der Waals surface area (Å²) in [7, 11) is 0. The first-order chi connectivity index (χ1) is 5.35. The van der Waals surface area contributed by atoms with Gasteiger partial charge in [-0.25, -0.2) is 15.4 Å². The number of nitrogens with two attached hydrogens (primary N) is 1. The number of ether oxygens (including phenoxy) is 2. The molecule has 0 spiro atoms.